The maximum atomic E-state index is 13.4. The molecular formula is C22H39O4P. The van der Waals surface area contributed by atoms with E-state index in [0.717, 1.165) is 19.3 Å². The second-order valence-corrected chi connectivity index (χ2v) is 9.35. The Morgan fingerprint density at radius 2 is 1.30 bits per heavy atom. The molecule has 0 aromatic heterocycles. The molecule has 1 rings (SSSR count). The van der Waals surface area contributed by atoms with E-state index in [1.165, 1.54) is 38.5 Å². The molecule has 1 aromatic rings. The lowest BCUT2D eigenvalue weighted by Crippen LogP contribution is -2.28. The van der Waals surface area contributed by atoms with Crippen molar-refractivity contribution in [3.63, 3.8) is 0 Å². The molecule has 0 bridgehead atoms. The standard InChI is InChI=1S/C22H39O4P/c1-4-7-8-9-10-11-12-13-17-20-22(23,21-18-15-14-16-19-21)27(24,25-5-2)26-6-3/h14-16,18-19,23H,4-13,17,20H2,1-3H3. The van der Waals surface area contributed by atoms with Gasteiger partial charge in [0.2, 0.25) is 0 Å². The van der Waals surface area contributed by atoms with E-state index in [1.54, 1.807) is 26.0 Å². The maximum absolute atomic E-state index is 13.4. The van der Waals surface area contributed by atoms with Crippen molar-refractivity contribution < 1.29 is 18.7 Å². The fraction of sp³-hybridized carbons (Fsp3) is 0.727. The average Bonchev–Trinajstić information content (AvgIpc) is 2.67. The van der Waals surface area contributed by atoms with Crippen LogP contribution in [0.1, 0.15) is 90.5 Å². The second-order valence-electron chi connectivity index (χ2n) is 7.09. The molecule has 5 heteroatoms. The van der Waals surface area contributed by atoms with Crippen molar-refractivity contribution in [3.05, 3.63) is 35.9 Å². The molecule has 1 unspecified atom stereocenters. The Hall–Kier alpha value is -0.670. The largest absolute Gasteiger partial charge is 0.373 e. The third-order valence-corrected chi connectivity index (χ3v) is 7.50. The quantitative estimate of drug-likeness (QED) is 0.240. The predicted octanol–water partition coefficient (Wildman–Crippen LogP) is 7.02. The van der Waals surface area contributed by atoms with Crippen molar-refractivity contribution >= 4 is 7.60 Å². The first kappa shape index (κ1) is 24.4. The summed E-state index contributed by atoms with van der Waals surface area (Å²) in [5.41, 5.74) is 0.606. The highest BCUT2D eigenvalue weighted by atomic mass is 31.2. The Kier molecular flexibility index (Phi) is 12.2. The molecule has 0 saturated carbocycles. The van der Waals surface area contributed by atoms with E-state index in [1.807, 2.05) is 18.2 Å². The molecule has 27 heavy (non-hydrogen) atoms. The Balaban J connectivity index is 2.67. The maximum Gasteiger partial charge on any atom is 0.366 e. The molecular weight excluding hydrogens is 359 g/mol. The van der Waals surface area contributed by atoms with Crippen molar-refractivity contribution in [1.82, 2.24) is 0 Å². The third-order valence-electron chi connectivity index (χ3n) is 4.92. The summed E-state index contributed by atoms with van der Waals surface area (Å²) in [5.74, 6) is 0. The zero-order valence-corrected chi connectivity index (χ0v) is 18.4. The molecule has 0 aliphatic carbocycles. The van der Waals surface area contributed by atoms with Crippen LogP contribution in [0.5, 0.6) is 0 Å². The lowest BCUT2D eigenvalue weighted by atomic mass is 10.0. The van der Waals surface area contributed by atoms with Gasteiger partial charge in [-0.2, -0.15) is 0 Å². The summed E-state index contributed by atoms with van der Waals surface area (Å²) in [4.78, 5) is 0. The Labute approximate surface area is 166 Å². The van der Waals surface area contributed by atoms with E-state index >= 15 is 0 Å². The van der Waals surface area contributed by atoms with Crippen LogP contribution in [0, 0.1) is 0 Å². The van der Waals surface area contributed by atoms with Crippen LogP contribution in [-0.4, -0.2) is 18.3 Å². The first-order valence-electron chi connectivity index (χ1n) is 10.7. The van der Waals surface area contributed by atoms with Crippen molar-refractivity contribution in [2.45, 2.75) is 90.3 Å². The zero-order valence-electron chi connectivity index (χ0n) is 17.5. The van der Waals surface area contributed by atoms with Crippen LogP contribution in [0.4, 0.5) is 0 Å². The minimum atomic E-state index is -3.68. The van der Waals surface area contributed by atoms with Gasteiger partial charge in [-0.25, -0.2) is 0 Å². The van der Waals surface area contributed by atoms with Gasteiger partial charge in [-0.15, -0.1) is 0 Å². The first-order chi connectivity index (χ1) is 13.0. The van der Waals surface area contributed by atoms with Crippen molar-refractivity contribution in [2.75, 3.05) is 13.2 Å². The fourth-order valence-electron chi connectivity index (χ4n) is 3.42. The summed E-state index contributed by atoms with van der Waals surface area (Å²) < 4.78 is 24.4. The van der Waals surface area contributed by atoms with E-state index in [0.29, 0.717) is 12.0 Å². The van der Waals surface area contributed by atoms with E-state index in [-0.39, 0.29) is 13.2 Å². The lowest BCUT2D eigenvalue weighted by Gasteiger charge is -2.35. The molecule has 1 atom stereocenters. The lowest BCUT2D eigenvalue weighted by molar-refractivity contribution is 0.0559. The van der Waals surface area contributed by atoms with Gasteiger partial charge in [0, 0.05) is 0 Å². The monoisotopic (exact) mass is 398 g/mol. The molecule has 156 valence electrons. The van der Waals surface area contributed by atoms with Gasteiger partial charge in [0.05, 0.1) is 13.2 Å². The zero-order chi connectivity index (χ0) is 20.0. The number of unbranched alkanes of at least 4 members (excludes halogenated alkanes) is 8. The molecule has 1 N–H and O–H groups in total. The van der Waals surface area contributed by atoms with Crippen molar-refractivity contribution in [1.29, 1.82) is 0 Å². The molecule has 0 amide bonds. The van der Waals surface area contributed by atoms with Gasteiger partial charge < -0.3 is 14.2 Å². The highest BCUT2D eigenvalue weighted by Crippen LogP contribution is 2.65. The number of aliphatic hydroxyl groups is 1. The van der Waals surface area contributed by atoms with Crippen LogP contribution >= 0.6 is 7.60 Å². The van der Waals surface area contributed by atoms with Crippen LogP contribution in [-0.2, 0) is 19.0 Å². The molecule has 0 heterocycles. The normalized spacial score (nSPS) is 14.2. The highest BCUT2D eigenvalue weighted by molar-refractivity contribution is 7.54. The van der Waals surface area contributed by atoms with Crippen LogP contribution in [0.15, 0.2) is 30.3 Å². The molecule has 4 nitrogen and oxygen atoms in total. The van der Waals surface area contributed by atoms with Gasteiger partial charge in [-0.05, 0) is 32.3 Å². The number of rotatable bonds is 16. The van der Waals surface area contributed by atoms with Gasteiger partial charge in [0.15, 0.2) is 5.34 Å². The van der Waals surface area contributed by atoms with Crippen molar-refractivity contribution in [2.24, 2.45) is 0 Å². The van der Waals surface area contributed by atoms with Crippen molar-refractivity contribution in [3.8, 4) is 0 Å². The summed E-state index contributed by atoms with van der Waals surface area (Å²) >= 11 is 0. The summed E-state index contributed by atoms with van der Waals surface area (Å²) in [6.07, 6.45) is 11.1. The average molecular weight is 399 g/mol. The number of hydrogen-bond donors (Lipinski definition) is 1. The summed E-state index contributed by atoms with van der Waals surface area (Å²) in [5, 5.41) is 9.85. The first-order valence-corrected chi connectivity index (χ1v) is 12.3. The second kappa shape index (κ2) is 13.5. The Morgan fingerprint density at radius 3 is 1.78 bits per heavy atom. The van der Waals surface area contributed by atoms with Gasteiger partial charge in [-0.3, -0.25) is 4.57 Å². The predicted molar refractivity (Wildman–Crippen MR) is 113 cm³/mol. The molecule has 0 aliphatic heterocycles. The van der Waals surface area contributed by atoms with E-state index in [9.17, 15) is 9.67 Å². The van der Waals surface area contributed by atoms with Crippen LogP contribution in [0.25, 0.3) is 0 Å². The minimum absolute atomic E-state index is 0.240. The highest BCUT2D eigenvalue weighted by Gasteiger charge is 2.50. The smallest absolute Gasteiger partial charge is 0.366 e. The topological polar surface area (TPSA) is 55.8 Å². The fourth-order valence-corrected chi connectivity index (χ4v) is 5.50. The molecule has 0 spiro atoms. The molecule has 0 radical (unpaired) electrons. The SMILES string of the molecule is CCCCCCCCCCCC(O)(c1ccccc1)P(=O)(OCC)OCC. The van der Waals surface area contributed by atoms with E-state index < -0.39 is 12.9 Å². The summed E-state index contributed by atoms with van der Waals surface area (Å²) in [7, 11) is -3.68. The van der Waals surface area contributed by atoms with Crippen LogP contribution < -0.4 is 0 Å². The van der Waals surface area contributed by atoms with Gasteiger partial charge >= 0.3 is 7.60 Å². The third kappa shape index (κ3) is 7.69. The van der Waals surface area contributed by atoms with Crippen LogP contribution in [0.2, 0.25) is 0 Å². The van der Waals surface area contributed by atoms with E-state index in [4.69, 9.17) is 9.05 Å². The molecule has 1 aromatic carbocycles. The van der Waals surface area contributed by atoms with Gasteiger partial charge in [-0.1, -0.05) is 88.6 Å². The number of benzene rings is 1. The Morgan fingerprint density at radius 1 is 0.815 bits per heavy atom. The Bertz CT molecular complexity index is 524. The molecule has 0 saturated heterocycles. The number of hydrogen-bond acceptors (Lipinski definition) is 4. The van der Waals surface area contributed by atoms with Gasteiger partial charge in [0.1, 0.15) is 0 Å². The van der Waals surface area contributed by atoms with E-state index in [2.05, 4.69) is 6.92 Å². The molecule has 0 aliphatic rings. The summed E-state index contributed by atoms with van der Waals surface area (Å²) in [6.45, 7) is 6.26. The summed E-state index contributed by atoms with van der Waals surface area (Å²) in [6, 6.07) is 9.18. The van der Waals surface area contributed by atoms with Crippen LogP contribution in [0.3, 0.4) is 0 Å². The minimum Gasteiger partial charge on any atom is -0.373 e. The molecule has 0 fully saturated rings. The van der Waals surface area contributed by atoms with Gasteiger partial charge in [0.25, 0.3) is 0 Å².